The summed E-state index contributed by atoms with van der Waals surface area (Å²) in [5.41, 5.74) is 2.69. The van der Waals surface area contributed by atoms with Gasteiger partial charge in [0.05, 0.1) is 25.1 Å². The molecule has 2 unspecified atom stereocenters. The van der Waals surface area contributed by atoms with Gasteiger partial charge in [-0.15, -0.1) is 0 Å². The zero-order valence-electron chi connectivity index (χ0n) is 14.1. The maximum Gasteiger partial charge on any atom is 0.0945 e. The van der Waals surface area contributed by atoms with Gasteiger partial charge in [0.2, 0.25) is 0 Å². The van der Waals surface area contributed by atoms with E-state index in [9.17, 15) is 5.11 Å². The molecule has 3 rings (SSSR count). The Morgan fingerprint density at radius 2 is 2.29 bits per heavy atom. The topological polar surface area (TPSA) is 59.3 Å². The Balaban J connectivity index is 1.32. The maximum absolute atomic E-state index is 10.1. The van der Waals surface area contributed by atoms with Crippen molar-refractivity contribution in [3.63, 3.8) is 0 Å². The lowest BCUT2D eigenvalue weighted by molar-refractivity contribution is -0.0166. The predicted molar refractivity (Wildman–Crippen MR) is 93.8 cm³/mol. The minimum atomic E-state index is -0.465. The first-order valence-corrected chi connectivity index (χ1v) is 8.87. The number of fused-ring (bicyclic) bond motifs is 1. The molecule has 5 nitrogen and oxygen atoms in total. The maximum atomic E-state index is 10.1. The molecule has 1 aromatic carbocycles. The fourth-order valence-corrected chi connectivity index (χ4v) is 3.24. The predicted octanol–water partition coefficient (Wildman–Crippen LogP) is 2.32. The number of nitrogens with zero attached hydrogens (tertiary/aromatic N) is 2. The number of hydrogen-bond donors (Lipinski definition) is 2. The molecule has 0 fully saturated rings. The summed E-state index contributed by atoms with van der Waals surface area (Å²) in [6, 6.07) is 8.49. The molecule has 24 heavy (non-hydrogen) atoms. The van der Waals surface area contributed by atoms with Crippen LogP contribution < -0.4 is 5.32 Å². The number of aromatic nitrogens is 2. The molecule has 0 amide bonds. The Morgan fingerprint density at radius 3 is 3.17 bits per heavy atom. The summed E-state index contributed by atoms with van der Waals surface area (Å²) in [4.78, 5) is 4.02. The molecule has 1 heterocycles. The van der Waals surface area contributed by atoms with Crippen LogP contribution in [0.15, 0.2) is 43.0 Å². The first kappa shape index (κ1) is 17.1. The third-order valence-electron chi connectivity index (χ3n) is 4.51. The molecule has 0 spiro atoms. The van der Waals surface area contributed by atoms with Crippen LogP contribution in [0.3, 0.4) is 0 Å². The Bertz CT molecular complexity index is 600. The molecule has 2 N–H and O–H groups in total. The summed E-state index contributed by atoms with van der Waals surface area (Å²) < 4.78 is 8.04. The molecular weight excluding hydrogens is 302 g/mol. The van der Waals surface area contributed by atoms with E-state index in [1.54, 1.807) is 6.20 Å². The van der Waals surface area contributed by atoms with Crippen LogP contribution in [-0.2, 0) is 17.7 Å². The van der Waals surface area contributed by atoms with Gasteiger partial charge in [-0.25, -0.2) is 4.98 Å². The van der Waals surface area contributed by atoms with Crippen molar-refractivity contribution < 1.29 is 9.84 Å². The van der Waals surface area contributed by atoms with Crippen LogP contribution in [0.4, 0.5) is 0 Å². The van der Waals surface area contributed by atoms with Crippen molar-refractivity contribution in [3.05, 3.63) is 54.1 Å². The zero-order valence-corrected chi connectivity index (χ0v) is 14.1. The van der Waals surface area contributed by atoms with Gasteiger partial charge < -0.3 is 19.7 Å². The van der Waals surface area contributed by atoms with E-state index >= 15 is 0 Å². The monoisotopic (exact) mass is 329 g/mol. The van der Waals surface area contributed by atoms with Gasteiger partial charge in [0.25, 0.3) is 0 Å². The van der Waals surface area contributed by atoms with Gasteiger partial charge in [0.15, 0.2) is 0 Å². The van der Waals surface area contributed by atoms with Crippen LogP contribution in [0.5, 0.6) is 0 Å². The van der Waals surface area contributed by atoms with E-state index in [1.165, 1.54) is 11.1 Å². The number of aliphatic hydroxyl groups excluding tert-OH is 1. The van der Waals surface area contributed by atoms with E-state index in [-0.39, 0.29) is 6.10 Å². The number of nitrogens with one attached hydrogen (secondary N) is 1. The first-order chi connectivity index (χ1) is 11.8. The van der Waals surface area contributed by atoms with E-state index in [0.29, 0.717) is 13.2 Å². The van der Waals surface area contributed by atoms with Gasteiger partial charge in [-0.05, 0) is 43.4 Å². The van der Waals surface area contributed by atoms with E-state index in [2.05, 4.69) is 39.1 Å². The molecule has 0 radical (unpaired) electrons. The number of ether oxygens (including phenoxy) is 1. The number of aryl methyl sites for hydroxylation is 2. The van der Waals surface area contributed by atoms with Gasteiger partial charge in [-0.2, -0.15) is 0 Å². The molecule has 1 aromatic heterocycles. The van der Waals surface area contributed by atoms with Crippen molar-refractivity contribution in [3.8, 4) is 0 Å². The van der Waals surface area contributed by atoms with Crippen LogP contribution in [0.2, 0.25) is 0 Å². The fourth-order valence-electron chi connectivity index (χ4n) is 3.24. The molecular formula is C19H27N3O2. The molecule has 0 bridgehead atoms. The van der Waals surface area contributed by atoms with Gasteiger partial charge in [-0.3, -0.25) is 0 Å². The van der Waals surface area contributed by atoms with Gasteiger partial charge in [0, 0.05) is 25.5 Å². The van der Waals surface area contributed by atoms with Crippen molar-refractivity contribution >= 4 is 0 Å². The van der Waals surface area contributed by atoms with Crippen molar-refractivity contribution in [1.29, 1.82) is 0 Å². The Hall–Kier alpha value is -1.69. The Morgan fingerprint density at radius 1 is 1.38 bits per heavy atom. The van der Waals surface area contributed by atoms with E-state index < -0.39 is 6.10 Å². The normalized spacial score (nSPS) is 18.3. The molecule has 5 heteroatoms. The van der Waals surface area contributed by atoms with Crippen molar-refractivity contribution in [2.45, 2.75) is 44.4 Å². The Labute approximate surface area is 143 Å². The molecule has 2 aromatic rings. The molecule has 130 valence electrons. The first-order valence-electron chi connectivity index (χ1n) is 8.87. The minimum absolute atomic E-state index is 0.130. The second-order valence-corrected chi connectivity index (χ2v) is 6.43. The number of aliphatic hydroxyl groups is 1. The summed E-state index contributed by atoms with van der Waals surface area (Å²) in [5, 5.41) is 13.4. The van der Waals surface area contributed by atoms with E-state index in [1.807, 2.05) is 12.5 Å². The summed E-state index contributed by atoms with van der Waals surface area (Å²) in [6.07, 6.45) is 9.59. The molecule has 0 aliphatic heterocycles. The van der Waals surface area contributed by atoms with Gasteiger partial charge in [0.1, 0.15) is 0 Å². The third-order valence-corrected chi connectivity index (χ3v) is 4.51. The summed E-state index contributed by atoms with van der Waals surface area (Å²) in [7, 11) is 0. The van der Waals surface area contributed by atoms with Crippen LogP contribution >= 0.6 is 0 Å². The van der Waals surface area contributed by atoms with Crippen molar-refractivity contribution in [2.24, 2.45) is 0 Å². The van der Waals surface area contributed by atoms with Crippen LogP contribution in [0.1, 0.15) is 36.5 Å². The second kappa shape index (κ2) is 8.97. The minimum Gasteiger partial charge on any atom is -0.389 e. The highest BCUT2D eigenvalue weighted by atomic mass is 16.5. The average molecular weight is 329 g/mol. The van der Waals surface area contributed by atoms with E-state index in [4.69, 9.17) is 4.74 Å². The largest absolute Gasteiger partial charge is 0.389 e. The third kappa shape index (κ3) is 4.90. The Kier molecular flexibility index (Phi) is 6.41. The molecule has 0 saturated carbocycles. The van der Waals surface area contributed by atoms with Gasteiger partial charge >= 0.3 is 0 Å². The fraction of sp³-hybridized carbons (Fsp3) is 0.526. The number of hydrogen-bond acceptors (Lipinski definition) is 4. The lowest BCUT2D eigenvalue weighted by atomic mass is 9.89. The highest BCUT2D eigenvalue weighted by Crippen LogP contribution is 2.32. The summed E-state index contributed by atoms with van der Waals surface area (Å²) in [5.74, 6) is 0. The van der Waals surface area contributed by atoms with Crippen molar-refractivity contribution in [2.75, 3.05) is 19.7 Å². The van der Waals surface area contributed by atoms with Crippen LogP contribution in [0.25, 0.3) is 0 Å². The SMILES string of the molecule is OC(CNCCCn1ccnc1)COC1CCCc2ccccc21. The highest BCUT2D eigenvalue weighted by molar-refractivity contribution is 5.31. The van der Waals surface area contributed by atoms with Gasteiger partial charge in [-0.1, -0.05) is 24.3 Å². The standard InChI is InChI=1S/C19H27N3O2/c23-17(13-20-9-4-11-22-12-10-21-15-22)14-24-19-8-3-6-16-5-1-2-7-18(16)19/h1-2,5,7,10,12,15,17,19-20,23H,3-4,6,8-9,11,13-14H2. The molecule has 0 saturated heterocycles. The number of rotatable bonds is 9. The quantitative estimate of drug-likeness (QED) is 0.693. The molecule has 1 aliphatic carbocycles. The van der Waals surface area contributed by atoms with Crippen LogP contribution in [0, 0.1) is 0 Å². The number of benzene rings is 1. The lowest BCUT2D eigenvalue weighted by Crippen LogP contribution is -2.32. The lowest BCUT2D eigenvalue weighted by Gasteiger charge is -2.26. The molecule has 2 atom stereocenters. The van der Waals surface area contributed by atoms with Crippen molar-refractivity contribution in [1.82, 2.24) is 14.9 Å². The smallest absolute Gasteiger partial charge is 0.0945 e. The summed E-state index contributed by atoms with van der Waals surface area (Å²) >= 11 is 0. The molecule has 1 aliphatic rings. The highest BCUT2D eigenvalue weighted by Gasteiger charge is 2.21. The summed E-state index contributed by atoms with van der Waals surface area (Å²) in [6.45, 7) is 2.77. The second-order valence-electron chi connectivity index (χ2n) is 6.43. The van der Waals surface area contributed by atoms with E-state index in [0.717, 1.165) is 38.8 Å². The average Bonchev–Trinajstić information content (AvgIpc) is 3.13. The van der Waals surface area contributed by atoms with Crippen LogP contribution in [-0.4, -0.2) is 40.5 Å². The number of imidazole rings is 1. The zero-order chi connectivity index (χ0) is 16.6.